The molecule has 0 bridgehead atoms. The normalized spacial score (nSPS) is 10.2. The number of carbonyl (C=O) groups is 1. The van der Waals surface area contributed by atoms with Gasteiger partial charge in [-0.25, -0.2) is 4.39 Å². The van der Waals surface area contributed by atoms with E-state index in [4.69, 9.17) is 0 Å². The van der Waals surface area contributed by atoms with E-state index in [2.05, 4.69) is 17.9 Å². The largest absolute Gasteiger partial charge is 0.352 e. The molecule has 2 rings (SSSR count). The molecular weight excluding hydrogens is 261 g/mol. The summed E-state index contributed by atoms with van der Waals surface area (Å²) < 4.78 is 13.0. The fourth-order valence-corrected chi connectivity index (χ4v) is 1.93. The Hall–Kier alpha value is -1.81. The Morgan fingerprint density at radius 2 is 1.89 bits per heavy atom. The van der Waals surface area contributed by atoms with Gasteiger partial charge in [0.05, 0.1) is 0 Å². The summed E-state index contributed by atoms with van der Waals surface area (Å²) in [6, 6.07) is 14.0. The van der Waals surface area contributed by atoms with Crippen LogP contribution in [0.5, 0.6) is 0 Å². The third-order valence-corrected chi connectivity index (χ3v) is 3.09. The van der Waals surface area contributed by atoms with E-state index in [1.807, 2.05) is 30.3 Å². The van der Waals surface area contributed by atoms with Gasteiger partial charge in [-0.15, -0.1) is 12.6 Å². The maximum atomic E-state index is 13.0. The molecular formula is C15H14FNOS. The van der Waals surface area contributed by atoms with Crippen LogP contribution in [0.15, 0.2) is 53.4 Å². The first-order valence-electron chi connectivity index (χ1n) is 5.97. The van der Waals surface area contributed by atoms with Gasteiger partial charge in [0.15, 0.2) is 0 Å². The van der Waals surface area contributed by atoms with Gasteiger partial charge in [-0.2, -0.15) is 0 Å². The molecule has 0 unspecified atom stereocenters. The van der Waals surface area contributed by atoms with Gasteiger partial charge in [0, 0.05) is 17.0 Å². The highest BCUT2D eigenvalue weighted by molar-refractivity contribution is 7.80. The number of rotatable bonds is 4. The number of nitrogens with one attached hydrogen (secondary N) is 1. The molecule has 0 fully saturated rings. The number of hydrogen-bond donors (Lipinski definition) is 2. The van der Waals surface area contributed by atoms with Crippen LogP contribution < -0.4 is 5.32 Å². The number of halogens is 1. The molecule has 1 N–H and O–H groups in total. The third-order valence-electron chi connectivity index (χ3n) is 2.75. The minimum Gasteiger partial charge on any atom is -0.352 e. The maximum Gasteiger partial charge on any atom is 0.251 e. The Labute approximate surface area is 117 Å². The quantitative estimate of drug-likeness (QED) is 0.825. The Kier molecular flexibility index (Phi) is 4.58. The van der Waals surface area contributed by atoms with Crippen LogP contribution in [0.3, 0.4) is 0 Å². The average molecular weight is 275 g/mol. The van der Waals surface area contributed by atoms with E-state index in [1.165, 1.54) is 18.2 Å². The molecule has 0 spiro atoms. The zero-order valence-corrected chi connectivity index (χ0v) is 11.2. The van der Waals surface area contributed by atoms with E-state index in [0.29, 0.717) is 12.1 Å². The van der Waals surface area contributed by atoms with Crippen LogP contribution in [0.4, 0.5) is 4.39 Å². The summed E-state index contributed by atoms with van der Waals surface area (Å²) in [4.78, 5) is 12.0. The number of hydrogen-bond acceptors (Lipinski definition) is 2. The molecule has 0 saturated carbocycles. The Bertz CT molecular complexity index is 572. The van der Waals surface area contributed by atoms with Crippen LogP contribution in [0.2, 0.25) is 0 Å². The standard InChI is InChI=1S/C15H14FNOS/c16-13-7-6-12(10-14(13)19)15(18)17-9-8-11-4-2-1-3-5-11/h1-7,10,19H,8-9H2,(H,17,18). The molecule has 0 aliphatic heterocycles. The molecule has 1 amide bonds. The first-order chi connectivity index (χ1) is 9.16. The van der Waals surface area contributed by atoms with Gasteiger partial charge in [-0.1, -0.05) is 30.3 Å². The topological polar surface area (TPSA) is 29.1 Å². The second-order valence-electron chi connectivity index (χ2n) is 4.16. The van der Waals surface area contributed by atoms with Crippen molar-refractivity contribution in [3.05, 3.63) is 65.5 Å². The highest BCUT2D eigenvalue weighted by atomic mass is 32.1. The van der Waals surface area contributed by atoms with E-state index in [0.717, 1.165) is 12.0 Å². The Morgan fingerprint density at radius 1 is 1.16 bits per heavy atom. The summed E-state index contributed by atoms with van der Waals surface area (Å²) in [5, 5.41) is 2.80. The summed E-state index contributed by atoms with van der Waals surface area (Å²) in [5.41, 5.74) is 1.58. The van der Waals surface area contributed by atoms with E-state index in [1.54, 1.807) is 0 Å². The minimum atomic E-state index is -0.427. The molecule has 0 aliphatic rings. The summed E-state index contributed by atoms with van der Waals surface area (Å²) in [7, 11) is 0. The highest BCUT2D eigenvalue weighted by Crippen LogP contribution is 2.14. The number of thiol groups is 1. The molecule has 0 radical (unpaired) electrons. The molecule has 2 aromatic carbocycles. The first kappa shape index (κ1) is 13.6. The lowest BCUT2D eigenvalue weighted by Gasteiger charge is -2.06. The van der Waals surface area contributed by atoms with Crippen LogP contribution in [0, 0.1) is 5.82 Å². The lowest BCUT2D eigenvalue weighted by atomic mass is 10.1. The summed E-state index contributed by atoms with van der Waals surface area (Å²) in [6.45, 7) is 0.544. The van der Waals surface area contributed by atoms with Gasteiger partial charge in [0.1, 0.15) is 5.82 Å². The van der Waals surface area contributed by atoms with Gasteiger partial charge in [0.25, 0.3) is 5.91 Å². The van der Waals surface area contributed by atoms with Gasteiger partial charge in [-0.3, -0.25) is 4.79 Å². The van der Waals surface area contributed by atoms with Crippen molar-refractivity contribution in [3.63, 3.8) is 0 Å². The SMILES string of the molecule is O=C(NCCc1ccccc1)c1ccc(F)c(S)c1. The van der Waals surface area contributed by atoms with E-state index in [-0.39, 0.29) is 10.8 Å². The van der Waals surface area contributed by atoms with Crippen LogP contribution in [-0.4, -0.2) is 12.5 Å². The zero-order valence-electron chi connectivity index (χ0n) is 10.3. The van der Waals surface area contributed by atoms with Gasteiger partial charge >= 0.3 is 0 Å². The first-order valence-corrected chi connectivity index (χ1v) is 6.42. The third kappa shape index (κ3) is 3.83. The molecule has 0 atom stereocenters. The second-order valence-corrected chi connectivity index (χ2v) is 4.64. The summed E-state index contributed by atoms with van der Waals surface area (Å²) in [5.74, 6) is -0.643. The molecule has 19 heavy (non-hydrogen) atoms. The van der Waals surface area contributed by atoms with Crippen LogP contribution in [0.1, 0.15) is 15.9 Å². The summed E-state index contributed by atoms with van der Waals surface area (Å²) >= 11 is 3.96. The fraction of sp³-hybridized carbons (Fsp3) is 0.133. The molecule has 2 aromatic rings. The van der Waals surface area contributed by atoms with Crippen molar-refractivity contribution in [2.75, 3.05) is 6.54 Å². The molecule has 4 heteroatoms. The second kappa shape index (κ2) is 6.38. The molecule has 0 saturated heterocycles. The van der Waals surface area contributed by atoms with E-state index >= 15 is 0 Å². The Morgan fingerprint density at radius 3 is 2.58 bits per heavy atom. The lowest BCUT2D eigenvalue weighted by molar-refractivity contribution is 0.0954. The molecule has 0 heterocycles. The number of carbonyl (C=O) groups excluding carboxylic acids is 1. The van der Waals surface area contributed by atoms with Crippen molar-refractivity contribution >= 4 is 18.5 Å². The Balaban J connectivity index is 1.89. The van der Waals surface area contributed by atoms with Crippen LogP contribution in [-0.2, 0) is 6.42 Å². The lowest BCUT2D eigenvalue weighted by Crippen LogP contribution is -2.25. The zero-order chi connectivity index (χ0) is 13.7. The summed E-state index contributed by atoms with van der Waals surface area (Å²) in [6.07, 6.45) is 0.765. The number of benzene rings is 2. The van der Waals surface area contributed by atoms with E-state index < -0.39 is 5.82 Å². The smallest absolute Gasteiger partial charge is 0.251 e. The van der Waals surface area contributed by atoms with Crippen LogP contribution in [0.25, 0.3) is 0 Å². The van der Waals surface area contributed by atoms with E-state index in [9.17, 15) is 9.18 Å². The molecule has 98 valence electrons. The molecule has 2 nitrogen and oxygen atoms in total. The maximum absolute atomic E-state index is 13.0. The van der Waals surface area contributed by atoms with Gasteiger partial charge in [-0.05, 0) is 30.2 Å². The van der Waals surface area contributed by atoms with Crippen molar-refractivity contribution in [1.29, 1.82) is 0 Å². The van der Waals surface area contributed by atoms with Crippen LogP contribution >= 0.6 is 12.6 Å². The minimum absolute atomic E-state index is 0.177. The number of amides is 1. The average Bonchev–Trinajstić information content (AvgIpc) is 2.43. The van der Waals surface area contributed by atoms with Crippen molar-refractivity contribution in [2.45, 2.75) is 11.3 Å². The monoisotopic (exact) mass is 275 g/mol. The predicted octanol–water partition coefficient (Wildman–Crippen LogP) is 3.09. The van der Waals surface area contributed by atoms with Crippen molar-refractivity contribution in [2.24, 2.45) is 0 Å². The fourth-order valence-electron chi connectivity index (χ4n) is 1.72. The van der Waals surface area contributed by atoms with Gasteiger partial charge < -0.3 is 5.32 Å². The van der Waals surface area contributed by atoms with Crippen molar-refractivity contribution < 1.29 is 9.18 Å². The van der Waals surface area contributed by atoms with Gasteiger partial charge in [0.2, 0.25) is 0 Å². The molecule has 0 aliphatic carbocycles. The highest BCUT2D eigenvalue weighted by Gasteiger charge is 2.07. The van der Waals surface area contributed by atoms with Crippen molar-refractivity contribution in [1.82, 2.24) is 5.32 Å². The van der Waals surface area contributed by atoms with Crippen molar-refractivity contribution in [3.8, 4) is 0 Å². The predicted molar refractivity (Wildman–Crippen MR) is 76.1 cm³/mol. The molecule has 0 aromatic heterocycles.